The van der Waals surface area contributed by atoms with Gasteiger partial charge in [-0.05, 0) is 30.3 Å². The average molecular weight is 343 g/mol. The van der Waals surface area contributed by atoms with Gasteiger partial charge in [-0.25, -0.2) is 9.18 Å². The summed E-state index contributed by atoms with van der Waals surface area (Å²) in [5, 5.41) is 4.95. The topological polar surface area (TPSA) is 61.4 Å². The van der Waals surface area contributed by atoms with Crippen LogP contribution in [0, 0.1) is 5.82 Å². The molecule has 0 radical (unpaired) electrons. The van der Waals surface area contributed by atoms with Crippen molar-refractivity contribution in [2.24, 2.45) is 0 Å². The molecule has 132 valence electrons. The van der Waals surface area contributed by atoms with Crippen molar-refractivity contribution in [3.63, 3.8) is 0 Å². The molecule has 2 aromatic rings. The first-order valence-electron chi connectivity index (χ1n) is 8.07. The van der Waals surface area contributed by atoms with Crippen molar-refractivity contribution in [3.8, 4) is 0 Å². The third-order valence-electron chi connectivity index (χ3n) is 3.64. The summed E-state index contributed by atoms with van der Waals surface area (Å²) in [6.07, 6.45) is 0.205. The van der Waals surface area contributed by atoms with E-state index >= 15 is 0 Å². The van der Waals surface area contributed by atoms with Crippen molar-refractivity contribution in [2.75, 3.05) is 13.6 Å². The fraction of sp³-hybridized carbons (Fsp3) is 0.263. The minimum atomic E-state index is -0.505. The number of amides is 3. The predicted molar refractivity (Wildman–Crippen MR) is 94.2 cm³/mol. The van der Waals surface area contributed by atoms with Gasteiger partial charge in [0, 0.05) is 26.1 Å². The van der Waals surface area contributed by atoms with Crippen LogP contribution in [-0.2, 0) is 17.9 Å². The van der Waals surface area contributed by atoms with Crippen LogP contribution in [0.3, 0.4) is 0 Å². The summed E-state index contributed by atoms with van der Waals surface area (Å²) in [5.41, 5.74) is 1.93. The van der Waals surface area contributed by atoms with Crippen LogP contribution in [0.25, 0.3) is 0 Å². The number of imide groups is 1. The smallest absolute Gasteiger partial charge is 0.321 e. The lowest BCUT2D eigenvalue weighted by Gasteiger charge is -2.16. The van der Waals surface area contributed by atoms with E-state index in [0.29, 0.717) is 19.6 Å². The molecule has 0 aliphatic carbocycles. The van der Waals surface area contributed by atoms with Gasteiger partial charge in [0.05, 0.1) is 0 Å². The molecule has 0 spiro atoms. The summed E-state index contributed by atoms with van der Waals surface area (Å²) < 4.78 is 12.9. The number of hydrogen-bond acceptors (Lipinski definition) is 3. The van der Waals surface area contributed by atoms with Gasteiger partial charge >= 0.3 is 6.03 Å². The third-order valence-corrected chi connectivity index (χ3v) is 3.64. The van der Waals surface area contributed by atoms with E-state index in [2.05, 4.69) is 10.6 Å². The fourth-order valence-corrected chi connectivity index (χ4v) is 2.28. The molecule has 2 N–H and O–H groups in total. The van der Waals surface area contributed by atoms with Gasteiger partial charge in [-0.2, -0.15) is 0 Å². The van der Waals surface area contributed by atoms with E-state index in [1.54, 1.807) is 12.1 Å². The molecule has 0 saturated heterocycles. The highest BCUT2D eigenvalue weighted by Gasteiger charge is 2.09. The number of nitrogens with zero attached hydrogens (tertiary/aromatic N) is 1. The van der Waals surface area contributed by atoms with Crippen molar-refractivity contribution in [1.82, 2.24) is 15.5 Å². The van der Waals surface area contributed by atoms with Gasteiger partial charge in [-0.3, -0.25) is 10.1 Å². The van der Waals surface area contributed by atoms with Gasteiger partial charge in [-0.1, -0.05) is 42.5 Å². The van der Waals surface area contributed by atoms with Crippen LogP contribution in [-0.4, -0.2) is 30.4 Å². The largest absolute Gasteiger partial charge is 0.334 e. The molecule has 0 aliphatic heterocycles. The van der Waals surface area contributed by atoms with E-state index in [1.807, 2.05) is 42.3 Å². The molecule has 0 saturated carbocycles. The third kappa shape index (κ3) is 7.14. The van der Waals surface area contributed by atoms with Gasteiger partial charge in [0.25, 0.3) is 0 Å². The van der Waals surface area contributed by atoms with Crippen LogP contribution in [0.1, 0.15) is 17.5 Å². The van der Waals surface area contributed by atoms with Crippen molar-refractivity contribution >= 4 is 11.9 Å². The molecule has 0 aromatic heterocycles. The van der Waals surface area contributed by atoms with Crippen LogP contribution in [0.2, 0.25) is 0 Å². The van der Waals surface area contributed by atoms with Gasteiger partial charge in [0.15, 0.2) is 0 Å². The second-order valence-corrected chi connectivity index (χ2v) is 5.83. The second kappa shape index (κ2) is 9.54. The van der Waals surface area contributed by atoms with E-state index in [9.17, 15) is 14.0 Å². The number of rotatable bonds is 7. The molecule has 0 heterocycles. The lowest BCUT2D eigenvalue weighted by molar-refractivity contribution is -0.120. The van der Waals surface area contributed by atoms with Crippen molar-refractivity contribution in [3.05, 3.63) is 71.5 Å². The highest BCUT2D eigenvalue weighted by Crippen LogP contribution is 2.05. The summed E-state index contributed by atoms with van der Waals surface area (Å²) >= 11 is 0. The molecule has 0 fully saturated rings. The lowest BCUT2D eigenvalue weighted by atomic mass is 10.2. The normalized spacial score (nSPS) is 10.5. The number of benzene rings is 2. The molecule has 2 rings (SSSR count). The van der Waals surface area contributed by atoms with Crippen LogP contribution >= 0.6 is 0 Å². The maximum atomic E-state index is 12.9. The Balaban J connectivity index is 1.65. The minimum absolute atomic E-state index is 0.205. The van der Waals surface area contributed by atoms with Crippen molar-refractivity contribution in [1.29, 1.82) is 0 Å². The molecular weight excluding hydrogens is 321 g/mol. The molecule has 25 heavy (non-hydrogen) atoms. The summed E-state index contributed by atoms with van der Waals surface area (Å²) in [6, 6.07) is 15.2. The fourth-order valence-electron chi connectivity index (χ4n) is 2.28. The second-order valence-electron chi connectivity index (χ2n) is 5.83. The van der Waals surface area contributed by atoms with Gasteiger partial charge in [0.2, 0.25) is 5.91 Å². The number of halogens is 1. The average Bonchev–Trinajstić information content (AvgIpc) is 2.61. The standard InChI is InChI=1S/C19H22FN3O2/c1-23(14-16-7-9-17(20)10-8-16)12-11-18(24)22-19(25)21-13-15-5-3-2-4-6-15/h2-10H,11-14H2,1H3,(H2,21,22,24,25). The van der Waals surface area contributed by atoms with E-state index in [4.69, 9.17) is 0 Å². The Kier molecular flexibility index (Phi) is 7.10. The van der Waals surface area contributed by atoms with E-state index in [-0.39, 0.29) is 18.1 Å². The summed E-state index contributed by atoms with van der Waals surface area (Å²) in [4.78, 5) is 25.5. The Bertz CT molecular complexity index is 690. The summed E-state index contributed by atoms with van der Waals surface area (Å²) in [6.45, 7) is 1.47. The molecule has 5 nitrogen and oxygen atoms in total. The summed E-state index contributed by atoms with van der Waals surface area (Å²) in [7, 11) is 1.87. The minimum Gasteiger partial charge on any atom is -0.334 e. The first-order chi connectivity index (χ1) is 12.0. The molecular formula is C19H22FN3O2. The number of hydrogen-bond donors (Lipinski definition) is 2. The van der Waals surface area contributed by atoms with Crippen molar-refractivity contribution in [2.45, 2.75) is 19.5 Å². The first kappa shape index (κ1) is 18.6. The Morgan fingerprint density at radius 3 is 2.36 bits per heavy atom. The number of carbonyl (C=O) groups is 2. The van der Waals surface area contributed by atoms with Crippen LogP contribution < -0.4 is 10.6 Å². The number of nitrogens with one attached hydrogen (secondary N) is 2. The van der Waals surface area contributed by atoms with Crippen molar-refractivity contribution < 1.29 is 14.0 Å². The SMILES string of the molecule is CN(CCC(=O)NC(=O)NCc1ccccc1)Cc1ccc(F)cc1. The van der Waals surface area contributed by atoms with Crippen LogP contribution in [0.5, 0.6) is 0 Å². The molecule has 3 amide bonds. The van der Waals surface area contributed by atoms with E-state index in [0.717, 1.165) is 11.1 Å². The lowest BCUT2D eigenvalue weighted by Crippen LogP contribution is -2.40. The molecule has 0 aliphatic rings. The van der Waals surface area contributed by atoms with Gasteiger partial charge in [0.1, 0.15) is 5.82 Å². The molecule has 0 atom stereocenters. The first-order valence-corrected chi connectivity index (χ1v) is 8.07. The zero-order chi connectivity index (χ0) is 18.1. The highest BCUT2D eigenvalue weighted by atomic mass is 19.1. The monoisotopic (exact) mass is 343 g/mol. The Morgan fingerprint density at radius 2 is 1.68 bits per heavy atom. The molecule has 6 heteroatoms. The Morgan fingerprint density at radius 1 is 1.00 bits per heavy atom. The number of urea groups is 1. The van der Waals surface area contributed by atoms with Crippen LogP contribution in [0.15, 0.2) is 54.6 Å². The molecule has 2 aromatic carbocycles. The predicted octanol–water partition coefficient (Wildman–Crippen LogP) is 2.67. The quantitative estimate of drug-likeness (QED) is 0.812. The van der Waals surface area contributed by atoms with Gasteiger partial charge in [-0.15, -0.1) is 0 Å². The molecule has 0 unspecified atom stereocenters. The number of carbonyl (C=O) groups excluding carboxylic acids is 2. The van der Waals surface area contributed by atoms with Gasteiger partial charge < -0.3 is 10.2 Å². The van der Waals surface area contributed by atoms with E-state index < -0.39 is 6.03 Å². The Hall–Kier alpha value is -2.73. The maximum absolute atomic E-state index is 12.9. The zero-order valence-electron chi connectivity index (χ0n) is 14.2. The maximum Gasteiger partial charge on any atom is 0.321 e. The Labute approximate surface area is 146 Å². The highest BCUT2D eigenvalue weighted by molar-refractivity contribution is 5.94. The molecule has 0 bridgehead atoms. The van der Waals surface area contributed by atoms with Crippen LogP contribution in [0.4, 0.5) is 9.18 Å². The van der Waals surface area contributed by atoms with E-state index in [1.165, 1.54) is 12.1 Å². The zero-order valence-corrected chi connectivity index (χ0v) is 14.2. The summed E-state index contributed by atoms with van der Waals surface area (Å²) in [5.74, 6) is -0.608.